The highest BCUT2D eigenvalue weighted by Crippen LogP contribution is 2.55. The van der Waals surface area contributed by atoms with Crippen molar-refractivity contribution >= 4 is 34.2 Å². The molecule has 0 atom stereocenters. The third-order valence-corrected chi connectivity index (χ3v) is 8.16. The molecule has 0 unspecified atom stereocenters. The van der Waals surface area contributed by atoms with E-state index in [9.17, 15) is 9.59 Å². The normalized spacial score (nSPS) is 21.2. The van der Waals surface area contributed by atoms with Crippen molar-refractivity contribution in [2.24, 2.45) is 10.8 Å². The lowest BCUT2D eigenvalue weighted by Gasteiger charge is -2.49. The van der Waals surface area contributed by atoms with Gasteiger partial charge in [-0.05, 0) is 70.4 Å². The fraction of sp³-hybridized carbons (Fsp3) is 0.533. The van der Waals surface area contributed by atoms with E-state index in [-0.39, 0.29) is 29.0 Å². The molecule has 0 saturated heterocycles. The predicted molar refractivity (Wildman–Crippen MR) is 150 cm³/mol. The van der Waals surface area contributed by atoms with Crippen LogP contribution < -0.4 is 9.47 Å². The molecule has 0 amide bonds. The lowest BCUT2D eigenvalue weighted by molar-refractivity contribution is -0.119. The number of halogens is 1. The molecule has 0 fully saturated rings. The summed E-state index contributed by atoms with van der Waals surface area (Å²) < 4.78 is 12.3. The van der Waals surface area contributed by atoms with E-state index in [1.54, 1.807) is 7.11 Å². The molecule has 1 heterocycles. The van der Waals surface area contributed by atoms with Crippen molar-refractivity contribution in [1.29, 1.82) is 0 Å². The van der Waals surface area contributed by atoms with Crippen LogP contribution in [0.2, 0.25) is 0 Å². The summed E-state index contributed by atoms with van der Waals surface area (Å²) >= 11 is 2.22. The second-order valence-electron chi connectivity index (χ2n) is 11.7. The molecule has 1 aromatic rings. The second kappa shape index (κ2) is 9.89. The van der Waals surface area contributed by atoms with Crippen molar-refractivity contribution in [2.75, 3.05) is 20.3 Å². The van der Waals surface area contributed by atoms with Crippen LogP contribution in [0.15, 0.2) is 34.7 Å². The zero-order chi connectivity index (χ0) is 26.4. The summed E-state index contributed by atoms with van der Waals surface area (Å²) in [7, 11) is 1.60. The summed E-state index contributed by atoms with van der Waals surface area (Å²) in [5.41, 5.74) is 4.38. The number of hydrogen-bond acceptors (Lipinski definition) is 5. The van der Waals surface area contributed by atoms with Gasteiger partial charge in [0.05, 0.1) is 10.7 Å². The molecule has 0 N–H and O–H groups in total. The number of ketones is 2. The number of nitrogens with zero attached hydrogens (tertiary/aromatic N) is 1. The van der Waals surface area contributed by atoms with E-state index in [0.717, 1.165) is 57.5 Å². The van der Waals surface area contributed by atoms with Crippen LogP contribution in [0.1, 0.15) is 78.2 Å². The summed E-state index contributed by atoms with van der Waals surface area (Å²) in [6.07, 6.45) is 8.93. The molecule has 6 heteroatoms. The van der Waals surface area contributed by atoms with Crippen LogP contribution in [-0.4, -0.2) is 36.7 Å². The fourth-order valence-electron chi connectivity index (χ4n) is 6.03. The van der Waals surface area contributed by atoms with Gasteiger partial charge in [-0.15, -0.1) is 6.42 Å². The van der Waals surface area contributed by atoms with Gasteiger partial charge in [0.2, 0.25) is 0 Å². The molecule has 3 aliphatic rings. The monoisotopic (exact) mass is 601 g/mol. The highest BCUT2D eigenvalue weighted by Gasteiger charge is 2.49. The maximum absolute atomic E-state index is 13.8. The Kier molecular flexibility index (Phi) is 7.36. The topological polar surface area (TPSA) is 55.8 Å². The molecule has 0 bridgehead atoms. The van der Waals surface area contributed by atoms with Gasteiger partial charge >= 0.3 is 0 Å². The molecule has 2 aliphatic carbocycles. The number of terminal acetylenes is 1. The minimum absolute atomic E-state index is 0.127. The average molecular weight is 602 g/mol. The Balaban J connectivity index is 1.99. The molecule has 0 spiro atoms. The van der Waals surface area contributed by atoms with Crippen molar-refractivity contribution in [3.63, 3.8) is 0 Å². The molecular formula is C30H36INO4. The molecule has 0 aromatic heterocycles. The maximum atomic E-state index is 13.8. The van der Waals surface area contributed by atoms with Gasteiger partial charge < -0.3 is 14.4 Å². The van der Waals surface area contributed by atoms with Gasteiger partial charge in [0.1, 0.15) is 6.61 Å². The van der Waals surface area contributed by atoms with Gasteiger partial charge in [-0.25, -0.2) is 0 Å². The number of carbonyl (C=O) groups is 2. The number of benzene rings is 1. The van der Waals surface area contributed by atoms with Gasteiger partial charge in [-0.2, -0.15) is 0 Å². The van der Waals surface area contributed by atoms with Crippen LogP contribution in [-0.2, 0) is 9.59 Å². The van der Waals surface area contributed by atoms with Crippen LogP contribution in [0.5, 0.6) is 11.5 Å². The van der Waals surface area contributed by atoms with Gasteiger partial charge in [-0.3, -0.25) is 9.59 Å². The number of Topliss-reactive ketones (excluding diaryl/α,β-unsaturated/α-hetero) is 2. The second-order valence-corrected chi connectivity index (χ2v) is 12.9. The molecule has 0 radical (unpaired) electrons. The minimum Gasteiger partial charge on any atom is -0.493 e. The lowest BCUT2D eigenvalue weighted by atomic mass is 9.63. The molecule has 36 heavy (non-hydrogen) atoms. The van der Waals surface area contributed by atoms with E-state index in [1.807, 2.05) is 12.1 Å². The quantitative estimate of drug-likeness (QED) is 0.279. The number of ether oxygens (including phenoxy) is 2. The molecule has 1 aliphatic heterocycles. The molecule has 5 nitrogen and oxygen atoms in total. The Hall–Kier alpha value is -2.27. The number of hydrogen-bond donors (Lipinski definition) is 0. The Morgan fingerprint density at radius 2 is 1.58 bits per heavy atom. The summed E-state index contributed by atoms with van der Waals surface area (Å²) in [4.78, 5) is 30.0. The van der Waals surface area contributed by atoms with E-state index in [0.29, 0.717) is 24.3 Å². The van der Waals surface area contributed by atoms with Crippen molar-refractivity contribution in [1.82, 2.24) is 4.90 Å². The Morgan fingerprint density at radius 3 is 2.06 bits per heavy atom. The van der Waals surface area contributed by atoms with E-state index >= 15 is 0 Å². The van der Waals surface area contributed by atoms with E-state index < -0.39 is 5.92 Å². The van der Waals surface area contributed by atoms with Crippen LogP contribution in [0, 0.1) is 26.7 Å². The summed E-state index contributed by atoms with van der Waals surface area (Å²) in [6, 6.07) is 3.94. The van der Waals surface area contributed by atoms with E-state index in [2.05, 4.69) is 68.0 Å². The molecular weight excluding hydrogens is 565 g/mol. The van der Waals surface area contributed by atoms with Gasteiger partial charge in [0.25, 0.3) is 0 Å². The summed E-state index contributed by atoms with van der Waals surface area (Å²) in [6.45, 7) is 11.7. The number of carbonyl (C=O) groups excluding carboxylic acids is 2. The first-order chi connectivity index (χ1) is 16.9. The fourth-order valence-corrected chi connectivity index (χ4v) is 6.82. The van der Waals surface area contributed by atoms with Gasteiger partial charge in [0.15, 0.2) is 23.1 Å². The summed E-state index contributed by atoms with van der Waals surface area (Å²) in [5.74, 6) is 3.51. The smallest absolute Gasteiger partial charge is 0.175 e. The van der Waals surface area contributed by atoms with Crippen LogP contribution in [0.3, 0.4) is 0 Å². The summed E-state index contributed by atoms with van der Waals surface area (Å²) in [5, 5.41) is 0. The first-order valence-corrected chi connectivity index (χ1v) is 13.7. The van der Waals surface area contributed by atoms with Gasteiger partial charge in [-0.1, -0.05) is 40.5 Å². The highest BCUT2D eigenvalue weighted by atomic mass is 127. The van der Waals surface area contributed by atoms with Crippen molar-refractivity contribution in [3.8, 4) is 23.8 Å². The molecule has 4 rings (SSSR count). The van der Waals surface area contributed by atoms with Crippen LogP contribution >= 0.6 is 22.6 Å². The molecule has 1 aromatic carbocycles. The Morgan fingerprint density at radius 1 is 1.03 bits per heavy atom. The minimum atomic E-state index is -0.403. The van der Waals surface area contributed by atoms with Crippen molar-refractivity contribution in [2.45, 2.75) is 72.6 Å². The van der Waals surface area contributed by atoms with Crippen molar-refractivity contribution in [3.05, 3.63) is 43.8 Å². The maximum Gasteiger partial charge on any atom is 0.175 e. The van der Waals surface area contributed by atoms with Crippen LogP contribution in [0.4, 0.5) is 0 Å². The Bertz CT molecular complexity index is 1160. The molecule has 192 valence electrons. The van der Waals surface area contributed by atoms with Crippen molar-refractivity contribution < 1.29 is 19.1 Å². The third kappa shape index (κ3) is 4.83. The van der Waals surface area contributed by atoms with Crippen LogP contribution in [0.25, 0.3) is 0 Å². The lowest BCUT2D eigenvalue weighted by Crippen LogP contribution is -2.44. The largest absolute Gasteiger partial charge is 0.493 e. The SMILES string of the molecule is C#CCOc1c(I)cc(C2C3=C(CC(C)(C)CC3=O)N(CCC)C3=C2C(=O)CC(C)(C)C3)cc1OC. The number of methoxy groups -OCH3 is 1. The van der Waals surface area contributed by atoms with Gasteiger partial charge in [0, 0.05) is 47.8 Å². The number of allylic oxidation sites excluding steroid dienone is 4. The number of rotatable bonds is 6. The predicted octanol–water partition coefficient (Wildman–Crippen LogP) is 6.41. The van der Waals surface area contributed by atoms with E-state index in [4.69, 9.17) is 15.9 Å². The zero-order valence-electron chi connectivity index (χ0n) is 22.2. The standard InChI is InChI=1S/C30H36INO4/c1-8-10-32-20-14-29(3,4)16-22(33)26(20)25(27-21(32)15-30(5,6)17-23(27)34)18-12-19(31)28(36-11-9-2)24(13-18)35-7/h2,12-13,25H,8,10-11,14-17H2,1,3-7H3. The third-order valence-electron chi connectivity index (χ3n) is 7.35. The highest BCUT2D eigenvalue weighted by molar-refractivity contribution is 14.1. The average Bonchev–Trinajstić information content (AvgIpc) is 2.77. The first kappa shape index (κ1) is 26.8. The first-order valence-electron chi connectivity index (χ1n) is 12.7. The molecule has 0 saturated carbocycles. The Labute approximate surface area is 228 Å². The zero-order valence-corrected chi connectivity index (χ0v) is 24.4. The van der Waals surface area contributed by atoms with E-state index in [1.165, 1.54) is 0 Å².